The van der Waals surface area contributed by atoms with E-state index in [9.17, 15) is 9.59 Å². The van der Waals surface area contributed by atoms with Crippen molar-refractivity contribution < 1.29 is 14.3 Å². The standard InChI is InChI=1S/C24H24N4O4/c1-3-32-23(30)13-8-16-27-22(29)15-14-21(26-27)28-19-11-6-5-10-18(19)25-24(28)17-9-4-7-12-20(17)31-2/h4-7,9-12,14-15H,3,8,13,16H2,1-2H3. The summed E-state index contributed by atoms with van der Waals surface area (Å²) in [6.45, 7) is 2.41. The van der Waals surface area contributed by atoms with Gasteiger partial charge in [-0.3, -0.25) is 14.2 Å². The Labute approximate surface area is 185 Å². The molecule has 0 fully saturated rings. The maximum absolute atomic E-state index is 12.4. The molecular weight excluding hydrogens is 408 g/mol. The van der Waals surface area contributed by atoms with Crippen LogP contribution < -0.4 is 10.3 Å². The highest BCUT2D eigenvalue weighted by Crippen LogP contribution is 2.33. The van der Waals surface area contributed by atoms with Crippen LogP contribution in [0.3, 0.4) is 0 Å². The molecule has 164 valence electrons. The number of aromatic nitrogens is 4. The van der Waals surface area contributed by atoms with Gasteiger partial charge in [-0.1, -0.05) is 24.3 Å². The number of fused-ring (bicyclic) bond motifs is 1. The number of aryl methyl sites for hydroxylation is 1. The number of esters is 1. The van der Waals surface area contributed by atoms with Gasteiger partial charge >= 0.3 is 5.97 Å². The Hall–Kier alpha value is -3.94. The molecule has 8 heteroatoms. The van der Waals surface area contributed by atoms with Crippen molar-refractivity contribution in [3.05, 3.63) is 71.0 Å². The molecule has 8 nitrogen and oxygen atoms in total. The molecule has 0 saturated heterocycles. The van der Waals surface area contributed by atoms with Crippen LogP contribution in [0.4, 0.5) is 0 Å². The van der Waals surface area contributed by atoms with Crippen molar-refractivity contribution in [3.8, 4) is 23.0 Å². The van der Waals surface area contributed by atoms with E-state index in [0.717, 1.165) is 16.6 Å². The summed E-state index contributed by atoms with van der Waals surface area (Å²) in [4.78, 5) is 28.8. The average molecular weight is 432 g/mol. The van der Waals surface area contributed by atoms with Crippen LogP contribution in [0.5, 0.6) is 5.75 Å². The van der Waals surface area contributed by atoms with Gasteiger partial charge in [0.05, 0.1) is 30.3 Å². The van der Waals surface area contributed by atoms with E-state index in [0.29, 0.717) is 37.0 Å². The topological polar surface area (TPSA) is 88.2 Å². The number of benzene rings is 2. The largest absolute Gasteiger partial charge is 0.496 e. The first-order chi connectivity index (χ1) is 15.6. The van der Waals surface area contributed by atoms with E-state index < -0.39 is 0 Å². The predicted molar refractivity (Wildman–Crippen MR) is 121 cm³/mol. The van der Waals surface area contributed by atoms with Crippen molar-refractivity contribution in [2.75, 3.05) is 13.7 Å². The van der Waals surface area contributed by atoms with E-state index in [1.165, 1.54) is 10.7 Å². The second-order valence-corrected chi connectivity index (χ2v) is 7.12. The fraction of sp³-hybridized carbons (Fsp3) is 0.250. The van der Waals surface area contributed by atoms with Crippen molar-refractivity contribution in [2.24, 2.45) is 0 Å². The zero-order valence-corrected chi connectivity index (χ0v) is 18.0. The highest BCUT2D eigenvalue weighted by molar-refractivity contribution is 5.84. The molecule has 0 bridgehead atoms. The van der Waals surface area contributed by atoms with Gasteiger partial charge in [0.15, 0.2) is 11.6 Å². The molecular formula is C24H24N4O4. The molecule has 0 N–H and O–H groups in total. The minimum atomic E-state index is -0.282. The van der Waals surface area contributed by atoms with Crippen LogP contribution >= 0.6 is 0 Å². The fourth-order valence-corrected chi connectivity index (χ4v) is 3.59. The lowest BCUT2D eigenvalue weighted by Crippen LogP contribution is -2.24. The predicted octanol–water partition coefficient (Wildman–Crippen LogP) is 3.60. The molecule has 0 saturated carbocycles. The van der Waals surface area contributed by atoms with E-state index >= 15 is 0 Å². The van der Waals surface area contributed by atoms with Gasteiger partial charge in [0.2, 0.25) is 0 Å². The molecule has 0 radical (unpaired) electrons. The molecule has 0 atom stereocenters. The van der Waals surface area contributed by atoms with Crippen molar-refractivity contribution in [2.45, 2.75) is 26.3 Å². The molecule has 2 aromatic carbocycles. The number of para-hydroxylation sites is 3. The summed E-state index contributed by atoms with van der Waals surface area (Å²) in [5, 5.41) is 4.58. The maximum atomic E-state index is 12.4. The number of rotatable bonds is 8. The maximum Gasteiger partial charge on any atom is 0.305 e. The third-order valence-electron chi connectivity index (χ3n) is 5.05. The lowest BCUT2D eigenvalue weighted by molar-refractivity contribution is -0.143. The van der Waals surface area contributed by atoms with Crippen LogP contribution in [0.25, 0.3) is 28.2 Å². The summed E-state index contributed by atoms with van der Waals surface area (Å²) in [7, 11) is 1.62. The number of imidazole rings is 1. The first-order valence-corrected chi connectivity index (χ1v) is 10.5. The minimum Gasteiger partial charge on any atom is -0.496 e. The lowest BCUT2D eigenvalue weighted by Gasteiger charge is -2.13. The third-order valence-corrected chi connectivity index (χ3v) is 5.05. The summed E-state index contributed by atoms with van der Waals surface area (Å²) in [6.07, 6.45) is 0.686. The SMILES string of the molecule is CCOC(=O)CCCn1nc(-n2c(-c3ccccc3OC)nc3ccccc32)ccc1=O. The van der Waals surface area contributed by atoms with Crippen molar-refractivity contribution in [1.82, 2.24) is 19.3 Å². The molecule has 0 spiro atoms. The van der Waals surface area contributed by atoms with Gasteiger partial charge in [-0.15, -0.1) is 0 Å². The Kier molecular flexibility index (Phi) is 6.30. The minimum absolute atomic E-state index is 0.229. The van der Waals surface area contributed by atoms with Gasteiger partial charge in [-0.2, -0.15) is 5.10 Å². The first-order valence-electron chi connectivity index (χ1n) is 10.5. The molecule has 2 aromatic heterocycles. The van der Waals surface area contributed by atoms with Crippen LogP contribution in [-0.4, -0.2) is 39.0 Å². The number of nitrogens with zero attached hydrogens (tertiary/aromatic N) is 4. The third kappa shape index (κ3) is 4.25. The summed E-state index contributed by atoms with van der Waals surface area (Å²) < 4.78 is 13.8. The van der Waals surface area contributed by atoms with Gasteiger partial charge in [0.1, 0.15) is 5.75 Å². The van der Waals surface area contributed by atoms with Crippen molar-refractivity contribution in [1.29, 1.82) is 0 Å². The van der Waals surface area contributed by atoms with Crippen molar-refractivity contribution >= 4 is 17.0 Å². The number of carbonyl (C=O) groups excluding carboxylic acids is 1. The Morgan fingerprint density at radius 2 is 1.81 bits per heavy atom. The van der Waals surface area contributed by atoms with E-state index in [2.05, 4.69) is 5.10 Å². The molecule has 2 heterocycles. The fourth-order valence-electron chi connectivity index (χ4n) is 3.59. The quantitative estimate of drug-likeness (QED) is 0.395. The van der Waals surface area contributed by atoms with E-state index in [-0.39, 0.29) is 17.9 Å². The monoisotopic (exact) mass is 432 g/mol. The summed E-state index contributed by atoms with van der Waals surface area (Å²) in [6, 6.07) is 18.5. The van der Waals surface area contributed by atoms with Crippen LogP contribution in [0.15, 0.2) is 65.5 Å². The summed E-state index contributed by atoms with van der Waals surface area (Å²) in [5.74, 6) is 1.62. The summed E-state index contributed by atoms with van der Waals surface area (Å²) in [5.41, 5.74) is 2.24. The van der Waals surface area contributed by atoms with Crippen LogP contribution in [0, 0.1) is 0 Å². The second kappa shape index (κ2) is 9.47. The number of carbonyl (C=O) groups is 1. The van der Waals surface area contributed by atoms with Gasteiger partial charge < -0.3 is 9.47 Å². The Morgan fingerprint density at radius 3 is 2.62 bits per heavy atom. The highest BCUT2D eigenvalue weighted by atomic mass is 16.5. The van der Waals surface area contributed by atoms with Gasteiger partial charge in [0.25, 0.3) is 5.56 Å². The van der Waals surface area contributed by atoms with Crippen LogP contribution in [-0.2, 0) is 16.1 Å². The molecule has 32 heavy (non-hydrogen) atoms. The molecule has 0 aliphatic rings. The van der Waals surface area contributed by atoms with Gasteiger partial charge in [-0.25, -0.2) is 9.67 Å². The normalized spacial score (nSPS) is 10.9. The number of hydrogen-bond acceptors (Lipinski definition) is 6. The zero-order valence-electron chi connectivity index (χ0n) is 18.0. The van der Waals surface area contributed by atoms with Gasteiger partial charge in [0, 0.05) is 19.0 Å². The van der Waals surface area contributed by atoms with Crippen molar-refractivity contribution in [3.63, 3.8) is 0 Å². The number of methoxy groups -OCH3 is 1. The van der Waals surface area contributed by atoms with E-state index in [4.69, 9.17) is 14.5 Å². The molecule has 0 aliphatic carbocycles. The molecule has 0 unspecified atom stereocenters. The summed E-state index contributed by atoms with van der Waals surface area (Å²) >= 11 is 0. The average Bonchev–Trinajstić information content (AvgIpc) is 3.20. The zero-order chi connectivity index (χ0) is 22.5. The molecule has 4 aromatic rings. The van der Waals surface area contributed by atoms with E-state index in [1.54, 1.807) is 20.1 Å². The Bertz CT molecular complexity index is 1310. The van der Waals surface area contributed by atoms with E-state index in [1.807, 2.05) is 53.1 Å². The first kappa shape index (κ1) is 21.3. The number of hydrogen-bond donors (Lipinski definition) is 0. The van der Waals surface area contributed by atoms with Crippen LogP contribution in [0.1, 0.15) is 19.8 Å². The second-order valence-electron chi connectivity index (χ2n) is 7.12. The molecule has 0 aliphatic heterocycles. The highest BCUT2D eigenvalue weighted by Gasteiger charge is 2.18. The Balaban J connectivity index is 1.78. The van der Waals surface area contributed by atoms with Crippen LogP contribution in [0.2, 0.25) is 0 Å². The smallest absolute Gasteiger partial charge is 0.305 e. The molecule has 4 rings (SSSR count). The van der Waals surface area contributed by atoms with Gasteiger partial charge in [-0.05, 0) is 43.7 Å². The Morgan fingerprint density at radius 1 is 1.03 bits per heavy atom. The molecule has 0 amide bonds. The lowest BCUT2D eigenvalue weighted by atomic mass is 10.2. The number of ether oxygens (including phenoxy) is 2.